The van der Waals surface area contributed by atoms with Gasteiger partial charge in [0.1, 0.15) is 6.07 Å². The van der Waals surface area contributed by atoms with Gasteiger partial charge in [0.2, 0.25) is 0 Å². The molecule has 1 amide bonds. The summed E-state index contributed by atoms with van der Waals surface area (Å²) in [6.45, 7) is 0. The predicted molar refractivity (Wildman–Crippen MR) is 132 cm³/mol. The molecule has 1 fully saturated rings. The van der Waals surface area contributed by atoms with Gasteiger partial charge < -0.3 is 20.2 Å². The first kappa shape index (κ1) is 24.3. The number of carboxylic acids is 1. The van der Waals surface area contributed by atoms with Gasteiger partial charge in [0, 0.05) is 22.7 Å². The maximum Gasteiger partial charge on any atom is 0.320 e. The normalized spacial score (nSPS) is 17.4. The van der Waals surface area contributed by atoms with E-state index in [1.807, 2.05) is 30.5 Å². The van der Waals surface area contributed by atoms with Crippen molar-refractivity contribution in [2.75, 3.05) is 16.9 Å². The number of nitrogens with one attached hydrogen (secondary N) is 2. The second kappa shape index (κ2) is 11.1. The van der Waals surface area contributed by atoms with Crippen LogP contribution in [0, 0.1) is 17.2 Å². The first-order chi connectivity index (χ1) is 16.9. The second-order valence-corrected chi connectivity index (χ2v) is 9.30. The van der Waals surface area contributed by atoms with Crippen molar-refractivity contribution in [1.82, 2.24) is 10.2 Å². The number of nitriles is 1. The Morgan fingerprint density at radius 2 is 1.83 bits per heavy atom. The number of aliphatic carboxylic acids is 1. The molecule has 0 bridgehead atoms. The van der Waals surface area contributed by atoms with Crippen LogP contribution in [0.2, 0.25) is 0 Å². The minimum Gasteiger partial charge on any atom is -0.481 e. The molecule has 180 valence electrons. The van der Waals surface area contributed by atoms with E-state index in [0.717, 1.165) is 30.6 Å². The fraction of sp³-hybridized carbons (Fsp3) is 0.320. The van der Waals surface area contributed by atoms with Crippen LogP contribution < -0.4 is 10.6 Å². The van der Waals surface area contributed by atoms with Crippen LogP contribution in [0.5, 0.6) is 0 Å². The average molecular weight is 492 g/mol. The second-order valence-electron chi connectivity index (χ2n) is 8.46. The molecule has 0 spiro atoms. The average Bonchev–Trinajstić information content (AvgIpc) is 3.33. The molecule has 0 radical (unpaired) electrons. The van der Waals surface area contributed by atoms with Crippen molar-refractivity contribution in [3.8, 4) is 6.07 Å². The van der Waals surface area contributed by atoms with Crippen molar-refractivity contribution in [1.29, 1.82) is 5.26 Å². The number of benzene rings is 2. The largest absolute Gasteiger partial charge is 0.481 e. The van der Waals surface area contributed by atoms with E-state index in [2.05, 4.69) is 26.9 Å². The quantitative estimate of drug-likeness (QED) is 0.353. The first-order valence-electron chi connectivity index (χ1n) is 11.3. The van der Waals surface area contributed by atoms with E-state index >= 15 is 0 Å². The monoisotopic (exact) mass is 491 g/mol. The van der Waals surface area contributed by atoms with Gasteiger partial charge in [-0.05, 0) is 79.7 Å². The van der Waals surface area contributed by atoms with Gasteiger partial charge in [-0.1, -0.05) is 17.2 Å². The summed E-state index contributed by atoms with van der Waals surface area (Å²) in [5, 5.41) is 31.5. The Labute approximate surface area is 206 Å². The summed E-state index contributed by atoms with van der Waals surface area (Å²) < 4.78 is 5.45. The zero-order valence-corrected chi connectivity index (χ0v) is 20.0. The third kappa shape index (κ3) is 6.19. The predicted octanol–water partition coefficient (Wildman–Crippen LogP) is 5.41. The van der Waals surface area contributed by atoms with Crippen LogP contribution in [0.1, 0.15) is 59.8 Å². The lowest BCUT2D eigenvalue weighted by molar-refractivity contribution is -0.138. The molecule has 1 aliphatic carbocycles. The Morgan fingerprint density at radius 1 is 1.11 bits per heavy atom. The van der Waals surface area contributed by atoms with Gasteiger partial charge in [-0.2, -0.15) is 5.26 Å². The number of hydrogen-bond donors (Lipinski definition) is 3. The molecule has 1 heterocycles. The zero-order chi connectivity index (χ0) is 24.8. The number of thioether (sulfide) groups is 1. The maximum atomic E-state index is 12.6. The number of rotatable bonds is 8. The molecule has 35 heavy (non-hydrogen) atoms. The lowest BCUT2D eigenvalue weighted by atomic mass is 9.77. The lowest BCUT2D eigenvalue weighted by Gasteiger charge is -2.28. The Bertz CT molecular complexity index is 1240. The number of amides is 1. The van der Waals surface area contributed by atoms with Gasteiger partial charge in [0.25, 0.3) is 0 Å². The fourth-order valence-electron chi connectivity index (χ4n) is 4.32. The highest BCUT2D eigenvalue weighted by Gasteiger charge is 2.24. The van der Waals surface area contributed by atoms with Gasteiger partial charge >= 0.3 is 23.8 Å². The molecule has 1 saturated carbocycles. The minimum absolute atomic E-state index is 0.0701. The molecule has 0 aliphatic heterocycles. The van der Waals surface area contributed by atoms with E-state index in [1.54, 1.807) is 18.2 Å². The number of carboxylic acid groups (broad SMARTS) is 1. The summed E-state index contributed by atoms with van der Waals surface area (Å²) in [4.78, 5) is 24.3. The van der Waals surface area contributed by atoms with Crippen molar-refractivity contribution in [3.63, 3.8) is 0 Å². The number of carbonyl (C=O) groups is 2. The van der Waals surface area contributed by atoms with Crippen LogP contribution in [0.4, 0.5) is 17.4 Å². The molecule has 4 rings (SSSR count). The first-order valence-corrected chi connectivity index (χ1v) is 12.5. The molecule has 1 aromatic heterocycles. The van der Waals surface area contributed by atoms with E-state index in [4.69, 9.17) is 14.8 Å². The van der Waals surface area contributed by atoms with E-state index in [-0.39, 0.29) is 24.2 Å². The highest BCUT2D eigenvalue weighted by atomic mass is 32.2. The molecule has 2 aromatic carbocycles. The summed E-state index contributed by atoms with van der Waals surface area (Å²) in [6.07, 6.45) is 5.91. The molecule has 10 heteroatoms. The zero-order valence-electron chi connectivity index (χ0n) is 19.2. The number of carbonyl (C=O) groups excluding carboxylic acids is 1. The van der Waals surface area contributed by atoms with E-state index in [9.17, 15) is 9.59 Å². The molecule has 0 saturated heterocycles. The number of hydrogen-bond acceptors (Lipinski definition) is 8. The van der Waals surface area contributed by atoms with Crippen LogP contribution in [-0.2, 0) is 4.79 Å². The van der Waals surface area contributed by atoms with Gasteiger partial charge in [-0.15, -0.1) is 16.9 Å². The highest BCUT2D eigenvalue weighted by Crippen LogP contribution is 2.37. The summed E-state index contributed by atoms with van der Waals surface area (Å²) in [5.74, 6) is -0.746. The summed E-state index contributed by atoms with van der Waals surface area (Å²) in [6, 6.07) is 15.1. The molecular weight excluding hydrogens is 466 g/mol. The number of nitrogens with zero attached hydrogens (tertiary/aromatic N) is 3. The molecule has 0 unspecified atom stereocenters. The number of aromatic nitrogens is 2. The molecule has 1 aliphatic rings. The van der Waals surface area contributed by atoms with Gasteiger partial charge in [0.05, 0.1) is 5.56 Å². The van der Waals surface area contributed by atoms with E-state index in [0.29, 0.717) is 22.9 Å². The highest BCUT2D eigenvalue weighted by molar-refractivity contribution is 7.98. The lowest BCUT2D eigenvalue weighted by Crippen LogP contribution is -2.16. The van der Waals surface area contributed by atoms with Crippen LogP contribution in [0.25, 0.3) is 0 Å². The van der Waals surface area contributed by atoms with E-state index < -0.39 is 11.9 Å². The van der Waals surface area contributed by atoms with Gasteiger partial charge in [0.15, 0.2) is 0 Å². The Hall–Kier alpha value is -3.84. The Balaban J connectivity index is 1.33. The van der Waals surface area contributed by atoms with E-state index in [1.165, 1.54) is 17.3 Å². The SMILES string of the molecule is CSc1cc(Nc2nnc(C(=O)Nc3ccc([C@H]4CC[C@H](CC(=O)O)CC4)cc3)o2)ccc1C#N. The smallest absolute Gasteiger partial charge is 0.320 e. The third-order valence-corrected chi connectivity index (χ3v) is 6.92. The summed E-state index contributed by atoms with van der Waals surface area (Å²) in [7, 11) is 0. The maximum absolute atomic E-state index is 12.6. The fourth-order valence-corrected chi connectivity index (χ4v) is 4.90. The van der Waals surface area contributed by atoms with Gasteiger partial charge in [-0.3, -0.25) is 9.59 Å². The standard InChI is InChI=1S/C25H25N5O4S/c1-35-21-13-20(11-8-18(21)14-26)28-25-30-29-24(34-25)23(33)27-19-9-6-17(7-10-19)16-4-2-15(3-5-16)12-22(31)32/h6-11,13,15-16H,2-5,12H2,1H3,(H,27,33)(H,28,30)(H,31,32)/t15-,16-. The van der Waals surface area contributed by atoms with Crippen LogP contribution in [-0.4, -0.2) is 33.4 Å². The Kier molecular flexibility index (Phi) is 7.67. The number of anilines is 3. The van der Waals surface area contributed by atoms with Crippen molar-refractivity contribution in [3.05, 3.63) is 59.5 Å². The van der Waals surface area contributed by atoms with Crippen molar-refractivity contribution in [2.24, 2.45) is 5.92 Å². The van der Waals surface area contributed by atoms with Crippen molar-refractivity contribution < 1.29 is 19.1 Å². The third-order valence-electron chi connectivity index (χ3n) is 6.14. The molecule has 9 nitrogen and oxygen atoms in total. The van der Waals surface area contributed by atoms with Gasteiger partial charge in [-0.25, -0.2) is 0 Å². The van der Waals surface area contributed by atoms with Crippen LogP contribution >= 0.6 is 11.8 Å². The summed E-state index contributed by atoms with van der Waals surface area (Å²) in [5.41, 5.74) is 3.04. The Morgan fingerprint density at radius 3 is 2.49 bits per heavy atom. The van der Waals surface area contributed by atoms with Crippen LogP contribution in [0.15, 0.2) is 51.8 Å². The molecular formula is C25H25N5O4S. The molecule has 3 N–H and O–H groups in total. The molecule has 3 aromatic rings. The molecule has 0 atom stereocenters. The topological polar surface area (TPSA) is 141 Å². The summed E-state index contributed by atoms with van der Waals surface area (Å²) >= 11 is 1.45. The minimum atomic E-state index is -0.725. The van der Waals surface area contributed by atoms with Crippen molar-refractivity contribution >= 4 is 41.0 Å². The van der Waals surface area contributed by atoms with Crippen molar-refractivity contribution in [2.45, 2.75) is 42.9 Å². The van der Waals surface area contributed by atoms with Crippen LogP contribution in [0.3, 0.4) is 0 Å².